The Hall–Kier alpha value is -1.39. The molecule has 0 radical (unpaired) electrons. The van der Waals surface area contributed by atoms with E-state index in [1.54, 1.807) is 0 Å². The van der Waals surface area contributed by atoms with Crippen molar-refractivity contribution in [3.63, 3.8) is 0 Å². The smallest absolute Gasteiger partial charge is 0.307 e. The van der Waals surface area contributed by atoms with Crippen LogP contribution in [0.1, 0.15) is 46.5 Å². The van der Waals surface area contributed by atoms with Gasteiger partial charge in [-0.15, -0.1) is 0 Å². The molecule has 1 heterocycles. The Kier molecular flexibility index (Phi) is 3.65. The number of rotatable bonds is 3. The Balaban J connectivity index is 2.26. The van der Waals surface area contributed by atoms with Gasteiger partial charge in [0.15, 0.2) is 0 Å². The second kappa shape index (κ2) is 4.94. The topological polar surface area (TPSA) is 78.8 Å². The molecule has 3 unspecified atom stereocenters. The minimum atomic E-state index is -0.778. The van der Waals surface area contributed by atoms with Crippen LogP contribution in [0.4, 0.5) is 0 Å². The summed E-state index contributed by atoms with van der Waals surface area (Å²) in [6.45, 7) is 5.74. The molecule has 19 heavy (non-hydrogen) atoms. The molecule has 2 aliphatic rings. The molecule has 3 atom stereocenters. The van der Waals surface area contributed by atoms with Crippen LogP contribution in [-0.4, -0.2) is 28.4 Å². The van der Waals surface area contributed by atoms with Crippen LogP contribution in [0.5, 0.6) is 0 Å². The highest BCUT2D eigenvalue weighted by Crippen LogP contribution is 2.35. The number of aliphatic imine (C=N–C) groups is 1. The molecule has 1 fully saturated rings. The van der Waals surface area contributed by atoms with Gasteiger partial charge in [0, 0.05) is 5.92 Å². The molecular weight excluding hydrogens is 244 g/mol. The third-order valence-corrected chi connectivity index (χ3v) is 4.61. The van der Waals surface area contributed by atoms with Gasteiger partial charge in [-0.25, -0.2) is 0 Å². The van der Waals surface area contributed by atoms with Crippen LogP contribution in [0.15, 0.2) is 4.99 Å². The van der Waals surface area contributed by atoms with Gasteiger partial charge < -0.3 is 10.4 Å². The molecule has 1 amide bonds. The largest absolute Gasteiger partial charge is 0.481 e. The summed E-state index contributed by atoms with van der Waals surface area (Å²) in [6.07, 6.45) is 3.41. The molecule has 0 aromatic carbocycles. The standard InChI is InChI=1S/C14H22N2O3/c1-8(2)14(3)13(19)15-11(16-14)9-6-4-5-7-10(9)12(17)18/h8-10H,4-7H2,1-3H3,(H,17,18)(H,15,16,19). The zero-order valence-electron chi connectivity index (χ0n) is 11.8. The van der Waals surface area contributed by atoms with Gasteiger partial charge in [0.25, 0.3) is 5.91 Å². The molecule has 0 aromatic rings. The second-order valence-corrected chi connectivity index (χ2v) is 6.09. The number of amidine groups is 1. The number of carboxylic acid groups (broad SMARTS) is 1. The molecule has 1 aliphatic carbocycles. The van der Waals surface area contributed by atoms with Crippen molar-refractivity contribution in [2.75, 3.05) is 0 Å². The van der Waals surface area contributed by atoms with Crippen molar-refractivity contribution in [1.29, 1.82) is 0 Å². The summed E-state index contributed by atoms with van der Waals surface area (Å²) in [4.78, 5) is 28.0. The summed E-state index contributed by atoms with van der Waals surface area (Å²) in [6, 6.07) is 0. The third-order valence-electron chi connectivity index (χ3n) is 4.61. The molecule has 1 saturated carbocycles. The number of hydrogen-bond acceptors (Lipinski definition) is 3. The van der Waals surface area contributed by atoms with Gasteiger partial charge in [-0.1, -0.05) is 26.7 Å². The van der Waals surface area contributed by atoms with E-state index in [9.17, 15) is 14.7 Å². The number of hydrogen-bond donors (Lipinski definition) is 2. The van der Waals surface area contributed by atoms with Gasteiger partial charge in [-0.2, -0.15) is 0 Å². The monoisotopic (exact) mass is 266 g/mol. The molecule has 5 heteroatoms. The van der Waals surface area contributed by atoms with Gasteiger partial charge in [-0.05, 0) is 25.7 Å². The fourth-order valence-corrected chi connectivity index (χ4v) is 2.89. The Morgan fingerprint density at radius 2 is 2.05 bits per heavy atom. The second-order valence-electron chi connectivity index (χ2n) is 6.09. The molecule has 2 rings (SSSR count). The molecule has 106 valence electrons. The van der Waals surface area contributed by atoms with Crippen molar-refractivity contribution in [2.24, 2.45) is 22.7 Å². The van der Waals surface area contributed by atoms with Crippen LogP contribution in [0, 0.1) is 17.8 Å². The number of nitrogens with zero attached hydrogens (tertiary/aromatic N) is 1. The zero-order chi connectivity index (χ0) is 14.2. The van der Waals surface area contributed by atoms with Crippen molar-refractivity contribution in [3.8, 4) is 0 Å². The van der Waals surface area contributed by atoms with E-state index in [0.717, 1.165) is 19.3 Å². The van der Waals surface area contributed by atoms with E-state index in [4.69, 9.17) is 0 Å². The lowest BCUT2D eigenvalue weighted by atomic mass is 9.78. The van der Waals surface area contributed by atoms with E-state index in [1.165, 1.54) is 0 Å². The van der Waals surface area contributed by atoms with Gasteiger partial charge >= 0.3 is 5.97 Å². The van der Waals surface area contributed by atoms with Crippen LogP contribution in [0.2, 0.25) is 0 Å². The summed E-state index contributed by atoms with van der Waals surface area (Å²) in [5, 5.41) is 12.1. The first-order valence-corrected chi connectivity index (χ1v) is 7.00. The molecular formula is C14H22N2O3. The van der Waals surface area contributed by atoms with Crippen LogP contribution < -0.4 is 5.32 Å². The zero-order valence-corrected chi connectivity index (χ0v) is 11.8. The van der Waals surface area contributed by atoms with Crippen molar-refractivity contribution < 1.29 is 14.7 Å². The number of carbonyl (C=O) groups excluding carboxylic acids is 1. The summed E-state index contributed by atoms with van der Waals surface area (Å²) >= 11 is 0. The summed E-state index contributed by atoms with van der Waals surface area (Å²) in [5.41, 5.74) is -0.754. The molecule has 2 N–H and O–H groups in total. The third kappa shape index (κ3) is 2.38. The number of carboxylic acids is 1. The van der Waals surface area contributed by atoms with E-state index in [0.29, 0.717) is 12.3 Å². The van der Waals surface area contributed by atoms with E-state index < -0.39 is 17.4 Å². The number of amides is 1. The molecule has 0 bridgehead atoms. The molecule has 1 aliphatic heterocycles. The average molecular weight is 266 g/mol. The Bertz CT molecular complexity index is 430. The lowest BCUT2D eigenvalue weighted by Gasteiger charge is -2.28. The minimum absolute atomic E-state index is 0.0943. The van der Waals surface area contributed by atoms with Gasteiger partial charge in [0.05, 0.1) is 5.92 Å². The molecule has 5 nitrogen and oxygen atoms in total. The quantitative estimate of drug-likeness (QED) is 0.817. The first-order valence-electron chi connectivity index (χ1n) is 7.00. The first kappa shape index (κ1) is 14.0. The number of nitrogens with one attached hydrogen (secondary N) is 1. The SMILES string of the molecule is CC(C)C1(C)N=C(C2CCCCC2C(=O)O)NC1=O. The fourth-order valence-electron chi connectivity index (χ4n) is 2.89. The van der Waals surface area contributed by atoms with Crippen LogP contribution in [0.3, 0.4) is 0 Å². The minimum Gasteiger partial charge on any atom is -0.481 e. The maximum absolute atomic E-state index is 12.1. The van der Waals surface area contributed by atoms with Crippen LogP contribution in [0.25, 0.3) is 0 Å². The number of aliphatic carboxylic acids is 1. The van der Waals surface area contributed by atoms with Crippen molar-refractivity contribution in [3.05, 3.63) is 0 Å². The maximum atomic E-state index is 12.1. The van der Waals surface area contributed by atoms with Gasteiger partial charge in [-0.3, -0.25) is 14.6 Å². The van der Waals surface area contributed by atoms with E-state index in [1.807, 2.05) is 20.8 Å². The first-order chi connectivity index (χ1) is 8.86. The van der Waals surface area contributed by atoms with Crippen LogP contribution >= 0.6 is 0 Å². The van der Waals surface area contributed by atoms with Crippen molar-refractivity contribution >= 4 is 17.7 Å². The maximum Gasteiger partial charge on any atom is 0.307 e. The molecule has 0 saturated heterocycles. The van der Waals surface area contributed by atoms with Gasteiger partial charge in [0.1, 0.15) is 11.4 Å². The van der Waals surface area contributed by atoms with Crippen molar-refractivity contribution in [1.82, 2.24) is 5.32 Å². The highest BCUT2D eigenvalue weighted by atomic mass is 16.4. The highest BCUT2D eigenvalue weighted by molar-refractivity contribution is 6.09. The highest BCUT2D eigenvalue weighted by Gasteiger charge is 2.45. The molecule has 0 spiro atoms. The average Bonchev–Trinajstić information content (AvgIpc) is 2.67. The van der Waals surface area contributed by atoms with E-state index >= 15 is 0 Å². The predicted octanol–water partition coefficient (Wildman–Crippen LogP) is 1.82. The Labute approximate surface area is 113 Å². The Morgan fingerprint density at radius 1 is 1.42 bits per heavy atom. The Morgan fingerprint density at radius 3 is 2.58 bits per heavy atom. The van der Waals surface area contributed by atoms with Crippen LogP contribution in [-0.2, 0) is 9.59 Å². The predicted molar refractivity (Wildman–Crippen MR) is 71.9 cm³/mol. The van der Waals surface area contributed by atoms with Crippen molar-refractivity contribution in [2.45, 2.75) is 52.0 Å². The normalized spacial score (nSPS) is 35.2. The lowest BCUT2D eigenvalue weighted by Crippen LogP contribution is -2.43. The lowest BCUT2D eigenvalue weighted by molar-refractivity contribution is -0.143. The summed E-state index contributed by atoms with van der Waals surface area (Å²) in [5.74, 6) is -0.754. The summed E-state index contributed by atoms with van der Waals surface area (Å²) in [7, 11) is 0. The van der Waals surface area contributed by atoms with E-state index in [-0.39, 0.29) is 17.7 Å². The summed E-state index contributed by atoms with van der Waals surface area (Å²) < 4.78 is 0. The van der Waals surface area contributed by atoms with E-state index in [2.05, 4.69) is 10.3 Å². The fraction of sp³-hybridized carbons (Fsp3) is 0.786. The van der Waals surface area contributed by atoms with Gasteiger partial charge in [0.2, 0.25) is 0 Å². The number of carbonyl (C=O) groups is 2. The molecule has 0 aromatic heterocycles.